The van der Waals surface area contributed by atoms with Crippen molar-refractivity contribution in [2.75, 3.05) is 13.1 Å². The van der Waals surface area contributed by atoms with Crippen molar-refractivity contribution in [3.63, 3.8) is 0 Å². The summed E-state index contributed by atoms with van der Waals surface area (Å²) in [4.78, 5) is 29.2. The average Bonchev–Trinajstić information content (AvgIpc) is 3.28. The van der Waals surface area contributed by atoms with Crippen LogP contribution in [0.5, 0.6) is 5.75 Å². The van der Waals surface area contributed by atoms with Crippen LogP contribution in [0.15, 0.2) is 35.7 Å². The number of hydrogen-bond donors (Lipinski definition) is 1. The molecule has 0 bridgehead atoms. The Labute approximate surface area is 180 Å². The molecule has 2 aromatic rings. The topological polar surface area (TPSA) is 79.7 Å². The molecule has 1 aromatic heterocycles. The summed E-state index contributed by atoms with van der Waals surface area (Å²) >= 11 is 1.58. The Bertz CT molecular complexity index is 841. The van der Waals surface area contributed by atoms with Crippen LogP contribution in [0.25, 0.3) is 6.08 Å². The van der Waals surface area contributed by atoms with Gasteiger partial charge in [-0.3, -0.25) is 9.59 Å². The van der Waals surface area contributed by atoms with Gasteiger partial charge in [-0.05, 0) is 25.5 Å². The van der Waals surface area contributed by atoms with Gasteiger partial charge in [0, 0.05) is 30.1 Å². The van der Waals surface area contributed by atoms with Gasteiger partial charge in [0.25, 0.3) is 0 Å². The summed E-state index contributed by atoms with van der Waals surface area (Å²) in [5.41, 5.74) is 1.67. The first-order valence-corrected chi connectivity index (χ1v) is 9.23. The first-order chi connectivity index (χ1) is 12.5. The van der Waals surface area contributed by atoms with E-state index in [1.807, 2.05) is 36.6 Å². The minimum Gasteiger partial charge on any atom is -0.487 e. The molecule has 0 aliphatic carbocycles. The van der Waals surface area contributed by atoms with Crippen molar-refractivity contribution < 1.29 is 19.4 Å². The van der Waals surface area contributed by atoms with Gasteiger partial charge >= 0.3 is 5.97 Å². The van der Waals surface area contributed by atoms with Crippen LogP contribution in [0, 0.1) is 12.8 Å². The Kier molecular flexibility index (Phi) is 9.45. The third-order valence-electron chi connectivity index (χ3n) is 4.22. The Balaban J connectivity index is 0.00000196. The average molecular weight is 445 g/mol. The predicted molar refractivity (Wildman–Crippen MR) is 113 cm³/mol. The third-order valence-corrected chi connectivity index (χ3v) is 5.04. The van der Waals surface area contributed by atoms with Gasteiger partial charge in [-0.25, -0.2) is 4.98 Å². The lowest BCUT2D eigenvalue weighted by Gasteiger charge is -2.13. The number of benzene rings is 1. The maximum absolute atomic E-state index is 12.3. The molecule has 6 nitrogen and oxygen atoms in total. The number of carboxylic acid groups (broad SMARTS) is 1. The number of carboxylic acids is 1. The normalized spacial score (nSPS) is 15.8. The molecule has 1 aromatic carbocycles. The van der Waals surface area contributed by atoms with Crippen molar-refractivity contribution in [3.8, 4) is 5.75 Å². The van der Waals surface area contributed by atoms with E-state index in [0.29, 0.717) is 25.3 Å². The number of carbonyl (C=O) groups excluding carboxylic acids is 1. The van der Waals surface area contributed by atoms with E-state index in [-0.39, 0.29) is 37.3 Å². The maximum Gasteiger partial charge on any atom is 0.308 e. The number of aliphatic carboxylic acids is 1. The number of para-hydroxylation sites is 1. The second-order valence-corrected chi connectivity index (χ2v) is 7.19. The zero-order valence-electron chi connectivity index (χ0n) is 15.2. The molecule has 0 radical (unpaired) electrons. The van der Waals surface area contributed by atoms with E-state index in [1.54, 1.807) is 22.3 Å². The highest BCUT2D eigenvalue weighted by Crippen LogP contribution is 2.22. The van der Waals surface area contributed by atoms with E-state index in [1.165, 1.54) is 6.08 Å². The molecule has 1 N–H and O–H groups in total. The molecule has 1 unspecified atom stereocenters. The van der Waals surface area contributed by atoms with Gasteiger partial charge in [0.2, 0.25) is 5.91 Å². The van der Waals surface area contributed by atoms with Gasteiger partial charge in [-0.15, -0.1) is 36.2 Å². The van der Waals surface area contributed by atoms with Gasteiger partial charge in [-0.1, -0.05) is 18.2 Å². The molecule has 2 heterocycles. The number of halogens is 2. The summed E-state index contributed by atoms with van der Waals surface area (Å²) in [5.74, 6) is -0.824. The molecule has 1 atom stereocenters. The highest BCUT2D eigenvalue weighted by atomic mass is 35.5. The van der Waals surface area contributed by atoms with Crippen LogP contribution in [0.4, 0.5) is 0 Å². The lowest BCUT2D eigenvalue weighted by atomic mass is 10.1. The number of rotatable bonds is 6. The largest absolute Gasteiger partial charge is 0.487 e. The van der Waals surface area contributed by atoms with Gasteiger partial charge < -0.3 is 14.7 Å². The van der Waals surface area contributed by atoms with Crippen molar-refractivity contribution in [2.45, 2.75) is 20.0 Å². The molecular formula is C19H22Cl2N2O4S. The van der Waals surface area contributed by atoms with E-state index in [4.69, 9.17) is 9.84 Å². The molecular weight excluding hydrogens is 423 g/mol. The van der Waals surface area contributed by atoms with Crippen LogP contribution in [-0.2, 0) is 16.2 Å². The fraction of sp³-hybridized carbons (Fsp3) is 0.316. The molecule has 3 rings (SSSR count). The molecule has 1 saturated heterocycles. The van der Waals surface area contributed by atoms with Crippen LogP contribution >= 0.6 is 36.2 Å². The molecule has 1 amide bonds. The standard InChI is InChI=1S/C19H20N2O4S.2ClH/c1-13-20-16(12-26-13)11-25-17-5-3-2-4-14(17)6-7-18(22)21-9-8-15(10-21)19(23)24;;/h2-7,12,15H,8-11H2,1H3,(H,23,24);2*1H. The molecule has 0 spiro atoms. The number of amides is 1. The molecule has 0 saturated carbocycles. The van der Waals surface area contributed by atoms with Crippen LogP contribution in [0.3, 0.4) is 0 Å². The Hall–Kier alpha value is -2.09. The third kappa shape index (κ3) is 6.22. The maximum atomic E-state index is 12.3. The Morgan fingerprint density at radius 2 is 2.11 bits per heavy atom. The fourth-order valence-corrected chi connectivity index (χ4v) is 3.40. The lowest BCUT2D eigenvalue weighted by Crippen LogP contribution is -2.28. The number of nitrogens with zero attached hydrogens (tertiary/aromatic N) is 2. The highest BCUT2D eigenvalue weighted by Gasteiger charge is 2.29. The highest BCUT2D eigenvalue weighted by molar-refractivity contribution is 7.09. The lowest BCUT2D eigenvalue weighted by molar-refractivity contribution is -0.141. The van der Waals surface area contributed by atoms with E-state index in [2.05, 4.69) is 4.98 Å². The van der Waals surface area contributed by atoms with Crippen LogP contribution in [0.2, 0.25) is 0 Å². The molecule has 28 heavy (non-hydrogen) atoms. The zero-order valence-corrected chi connectivity index (χ0v) is 17.7. The minimum absolute atomic E-state index is 0. The van der Waals surface area contributed by atoms with Crippen molar-refractivity contribution in [1.29, 1.82) is 0 Å². The SMILES string of the molecule is Cc1nc(COc2ccccc2C=CC(=O)N2CCC(C(=O)O)C2)cs1.Cl.Cl. The van der Waals surface area contributed by atoms with E-state index in [9.17, 15) is 9.59 Å². The summed E-state index contributed by atoms with van der Waals surface area (Å²) in [6.07, 6.45) is 3.68. The molecule has 9 heteroatoms. The first kappa shape index (κ1) is 23.9. The number of thiazole rings is 1. The van der Waals surface area contributed by atoms with Gasteiger partial charge in [-0.2, -0.15) is 0 Å². The van der Waals surface area contributed by atoms with Gasteiger partial charge in [0.15, 0.2) is 0 Å². The van der Waals surface area contributed by atoms with Crippen LogP contribution < -0.4 is 4.74 Å². The molecule has 1 aliphatic heterocycles. The van der Waals surface area contributed by atoms with Crippen molar-refractivity contribution >= 4 is 54.1 Å². The van der Waals surface area contributed by atoms with Crippen LogP contribution in [-0.4, -0.2) is 40.0 Å². The van der Waals surface area contributed by atoms with E-state index < -0.39 is 11.9 Å². The number of aromatic nitrogens is 1. The number of hydrogen-bond acceptors (Lipinski definition) is 5. The first-order valence-electron chi connectivity index (χ1n) is 8.35. The van der Waals surface area contributed by atoms with E-state index >= 15 is 0 Å². The monoisotopic (exact) mass is 444 g/mol. The molecule has 1 fully saturated rings. The van der Waals surface area contributed by atoms with Crippen molar-refractivity contribution in [3.05, 3.63) is 52.0 Å². The minimum atomic E-state index is -0.847. The summed E-state index contributed by atoms with van der Waals surface area (Å²) in [5, 5.41) is 12.0. The fourth-order valence-electron chi connectivity index (χ4n) is 2.80. The summed E-state index contributed by atoms with van der Waals surface area (Å²) in [7, 11) is 0. The Morgan fingerprint density at radius 3 is 2.75 bits per heavy atom. The molecule has 1 aliphatic rings. The summed E-state index contributed by atoms with van der Waals surface area (Å²) in [6.45, 7) is 3.06. The number of aryl methyl sites for hydroxylation is 1. The number of ether oxygens (including phenoxy) is 1. The van der Waals surface area contributed by atoms with Crippen LogP contribution in [0.1, 0.15) is 22.7 Å². The van der Waals surface area contributed by atoms with Crippen molar-refractivity contribution in [1.82, 2.24) is 9.88 Å². The number of carbonyl (C=O) groups is 2. The Morgan fingerprint density at radius 1 is 1.36 bits per heavy atom. The number of likely N-dealkylation sites (tertiary alicyclic amines) is 1. The predicted octanol–water partition coefficient (Wildman–Crippen LogP) is 3.82. The smallest absolute Gasteiger partial charge is 0.308 e. The second kappa shape index (κ2) is 11.0. The van der Waals surface area contributed by atoms with Crippen molar-refractivity contribution in [2.24, 2.45) is 5.92 Å². The van der Waals surface area contributed by atoms with Gasteiger partial charge in [0.1, 0.15) is 12.4 Å². The zero-order chi connectivity index (χ0) is 18.5. The van der Waals surface area contributed by atoms with E-state index in [0.717, 1.165) is 16.3 Å². The quantitative estimate of drug-likeness (QED) is 0.684. The summed E-state index contributed by atoms with van der Waals surface area (Å²) < 4.78 is 5.83. The molecule has 152 valence electrons. The summed E-state index contributed by atoms with van der Waals surface area (Å²) in [6, 6.07) is 7.47. The van der Waals surface area contributed by atoms with Gasteiger partial charge in [0.05, 0.1) is 16.6 Å². The second-order valence-electron chi connectivity index (χ2n) is 6.13.